The van der Waals surface area contributed by atoms with Crippen LogP contribution in [0.15, 0.2) is 24.2 Å². The lowest BCUT2D eigenvalue weighted by molar-refractivity contribution is 1.32. The number of benzene rings is 1. The molecule has 1 heterocycles. The van der Waals surface area contributed by atoms with Crippen molar-refractivity contribution < 1.29 is 2.74 Å². The molecule has 43 valence electrons. The molecule has 0 aliphatic rings. The number of nitrogens with zero attached hydrogens (tertiary/aromatic N) is 1. The Morgan fingerprint density at radius 1 is 1.78 bits per heavy atom. The predicted molar refractivity (Wildman–Crippen MR) is 34.9 cm³/mol. The second-order valence-electron chi connectivity index (χ2n) is 1.71. The fourth-order valence-corrected chi connectivity index (χ4v) is 0.714. The van der Waals surface area contributed by atoms with Crippen molar-refractivity contribution in [2.75, 3.05) is 0 Å². The molecule has 1 N–H and O–H groups in total. The zero-order valence-electron chi connectivity index (χ0n) is 6.60. The van der Waals surface area contributed by atoms with Crippen LogP contribution in [0.5, 0.6) is 0 Å². The Balaban J connectivity index is 2.93. The third kappa shape index (κ3) is 0.598. The molecule has 0 aliphatic heterocycles. The summed E-state index contributed by atoms with van der Waals surface area (Å²) in [7, 11) is 0. The van der Waals surface area contributed by atoms with E-state index in [-0.39, 0.29) is 12.1 Å². The Morgan fingerprint density at radius 3 is 3.78 bits per heavy atom. The van der Waals surface area contributed by atoms with E-state index in [0.717, 1.165) is 5.52 Å². The summed E-state index contributed by atoms with van der Waals surface area (Å²) in [6.07, 6.45) is 2.53. The standard InChI is InChI=1S/C7H5N2/c1-2-4-7-6(3-1)8-5-9-7/h1-4H,(H,8,9)/i1D,3D. The number of aromatic amines is 1. The lowest BCUT2D eigenvalue weighted by atomic mass is 10.3. The highest BCUT2D eigenvalue weighted by Gasteiger charge is 1.89. The molecule has 1 radical (unpaired) electrons. The molecule has 0 fully saturated rings. The van der Waals surface area contributed by atoms with Gasteiger partial charge in [-0.25, -0.2) is 4.98 Å². The van der Waals surface area contributed by atoms with Gasteiger partial charge in [0.05, 0.1) is 13.8 Å². The normalized spacial score (nSPS) is 13.3. The Kier molecular flexibility index (Phi) is 0.530. The maximum Gasteiger partial charge on any atom is 0.174 e. The van der Waals surface area contributed by atoms with Gasteiger partial charge in [0, 0.05) is 0 Å². The van der Waals surface area contributed by atoms with E-state index in [0.29, 0.717) is 5.52 Å². The number of H-pyrrole nitrogens is 1. The van der Waals surface area contributed by atoms with Crippen LogP contribution in [0.2, 0.25) is 0 Å². The summed E-state index contributed by atoms with van der Waals surface area (Å²) in [5, 5.41) is 0. The highest BCUT2D eigenvalue weighted by Crippen LogP contribution is 2.04. The largest absolute Gasteiger partial charge is 0.335 e. The Morgan fingerprint density at radius 2 is 2.78 bits per heavy atom. The van der Waals surface area contributed by atoms with Crippen LogP contribution in [0, 0.1) is 6.33 Å². The molecule has 0 saturated heterocycles. The van der Waals surface area contributed by atoms with Crippen molar-refractivity contribution in [3.63, 3.8) is 0 Å². The van der Waals surface area contributed by atoms with Crippen molar-refractivity contribution in [3.8, 4) is 0 Å². The SMILES string of the molecule is [2H]c1ccc2[nH][c]nc2c1[2H]. The van der Waals surface area contributed by atoms with E-state index in [1.807, 2.05) is 0 Å². The van der Waals surface area contributed by atoms with Crippen LogP contribution in [-0.4, -0.2) is 9.97 Å². The van der Waals surface area contributed by atoms with Gasteiger partial charge >= 0.3 is 0 Å². The number of imidazole rings is 1. The highest BCUT2D eigenvalue weighted by molar-refractivity contribution is 5.73. The number of para-hydroxylation sites is 2. The molecule has 0 unspecified atom stereocenters. The summed E-state index contributed by atoms with van der Waals surface area (Å²) in [6.45, 7) is 0. The minimum Gasteiger partial charge on any atom is -0.335 e. The van der Waals surface area contributed by atoms with E-state index < -0.39 is 0 Å². The predicted octanol–water partition coefficient (Wildman–Crippen LogP) is 1.36. The lowest BCUT2D eigenvalue weighted by Crippen LogP contribution is -1.63. The maximum absolute atomic E-state index is 7.41. The third-order valence-electron chi connectivity index (χ3n) is 1.14. The molecule has 0 atom stereocenters. The van der Waals surface area contributed by atoms with Crippen LogP contribution in [0.1, 0.15) is 2.74 Å². The minimum atomic E-state index is 0.153. The fraction of sp³-hybridized carbons (Fsp3) is 0. The van der Waals surface area contributed by atoms with Gasteiger partial charge in [0.1, 0.15) is 0 Å². The Bertz CT molecular complexity index is 394. The summed E-state index contributed by atoms with van der Waals surface area (Å²) in [4.78, 5) is 6.54. The number of aromatic nitrogens is 2. The van der Waals surface area contributed by atoms with E-state index in [4.69, 9.17) is 2.74 Å². The highest BCUT2D eigenvalue weighted by atomic mass is 14.9. The summed E-state index contributed by atoms with van der Waals surface area (Å²) in [5.74, 6) is 0. The van der Waals surface area contributed by atoms with Crippen molar-refractivity contribution in [2.45, 2.75) is 0 Å². The van der Waals surface area contributed by atoms with Crippen LogP contribution in [0.25, 0.3) is 11.0 Å². The molecular formula is C7H5N2. The zero-order valence-corrected chi connectivity index (χ0v) is 4.60. The Hall–Kier alpha value is -1.31. The number of hydrogen-bond acceptors (Lipinski definition) is 1. The molecule has 2 rings (SSSR count). The molecule has 0 amide bonds. The van der Waals surface area contributed by atoms with Gasteiger partial charge in [0.2, 0.25) is 0 Å². The van der Waals surface area contributed by atoms with Gasteiger partial charge < -0.3 is 4.98 Å². The quantitative estimate of drug-likeness (QED) is 0.557. The topological polar surface area (TPSA) is 28.7 Å². The van der Waals surface area contributed by atoms with Crippen molar-refractivity contribution in [3.05, 3.63) is 30.5 Å². The van der Waals surface area contributed by atoms with Crippen molar-refractivity contribution >= 4 is 11.0 Å². The van der Waals surface area contributed by atoms with Crippen molar-refractivity contribution in [1.29, 1.82) is 0 Å². The van der Waals surface area contributed by atoms with Gasteiger partial charge in [-0.1, -0.05) is 12.1 Å². The first-order valence-electron chi connectivity index (χ1n) is 3.61. The van der Waals surface area contributed by atoms with E-state index in [9.17, 15) is 0 Å². The molecular weight excluding hydrogens is 112 g/mol. The number of hydrogen-bond donors (Lipinski definition) is 1. The van der Waals surface area contributed by atoms with Crippen LogP contribution >= 0.6 is 0 Å². The molecule has 2 nitrogen and oxygen atoms in total. The molecule has 2 heteroatoms. The lowest BCUT2D eigenvalue weighted by Gasteiger charge is -1.81. The number of nitrogens with one attached hydrogen (secondary N) is 1. The van der Waals surface area contributed by atoms with Gasteiger partial charge in [-0.15, -0.1) is 0 Å². The van der Waals surface area contributed by atoms with E-state index in [2.05, 4.69) is 16.3 Å². The molecule has 1 aromatic carbocycles. The molecule has 0 bridgehead atoms. The first-order valence-corrected chi connectivity index (χ1v) is 2.61. The van der Waals surface area contributed by atoms with Crippen LogP contribution in [0.3, 0.4) is 0 Å². The Labute approximate surface area is 55.4 Å². The monoisotopic (exact) mass is 119 g/mol. The van der Waals surface area contributed by atoms with Crippen LogP contribution < -0.4 is 0 Å². The summed E-state index contributed by atoms with van der Waals surface area (Å²) in [5.41, 5.74) is 1.27. The van der Waals surface area contributed by atoms with Crippen molar-refractivity contribution in [2.24, 2.45) is 0 Å². The van der Waals surface area contributed by atoms with E-state index in [1.54, 1.807) is 12.1 Å². The smallest absolute Gasteiger partial charge is 0.174 e. The molecule has 0 saturated carbocycles. The van der Waals surface area contributed by atoms with Crippen LogP contribution in [0.4, 0.5) is 0 Å². The summed E-state index contributed by atoms with van der Waals surface area (Å²) >= 11 is 0. The fourth-order valence-electron chi connectivity index (χ4n) is 0.714. The summed E-state index contributed by atoms with van der Waals surface area (Å²) < 4.78 is 14.7. The average molecular weight is 119 g/mol. The number of fused-ring (bicyclic) bond motifs is 1. The second kappa shape index (κ2) is 1.58. The third-order valence-corrected chi connectivity index (χ3v) is 1.14. The van der Waals surface area contributed by atoms with Crippen LogP contribution in [-0.2, 0) is 0 Å². The molecule has 2 aromatic rings. The van der Waals surface area contributed by atoms with E-state index in [1.165, 1.54) is 0 Å². The first-order chi connectivity index (χ1) is 5.29. The van der Waals surface area contributed by atoms with Gasteiger partial charge in [-0.2, -0.15) is 0 Å². The van der Waals surface area contributed by atoms with Gasteiger partial charge in [-0.05, 0) is 12.1 Å². The minimum absolute atomic E-state index is 0.153. The molecule has 0 spiro atoms. The molecule has 1 aromatic heterocycles. The zero-order chi connectivity index (χ0) is 7.84. The number of rotatable bonds is 0. The van der Waals surface area contributed by atoms with E-state index >= 15 is 0 Å². The average Bonchev–Trinajstić information content (AvgIpc) is 2.45. The second-order valence-corrected chi connectivity index (χ2v) is 1.71. The van der Waals surface area contributed by atoms with Gasteiger partial charge in [0.15, 0.2) is 6.33 Å². The maximum atomic E-state index is 7.41. The molecule has 9 heavy (non-hydrogen) atoms. The van der Waals surface area contributed by atoms with Crippen molar-refractivity contribution in [1.82, 2.24) is 9.97 Å². The summed E-state index contributed by atoms with van der Waals surface area (Å²) in [6, 6.07) is 3.63. The molecule has 0 aliphatic carbocycles. The van der Waals surface area contributed by atoms with Gasteiger partial charge in [-0.3, -0.25) is 0 Å². The van der Waals surface area contributed by atoms with Gasteiger partial charge in [0.25, 0.3) is 0 Å². The first kappa shape index (κ1) is 3.01.